The predicted octanol–water partition coefficient (Wildman–Crippen LogP) is -2.61. The molecule has 0 bridgehead atoms. The summed E-state index contributed by atoms with van der Waals surface area (Å²) >= 11 is 0. The molecule has 0 fully saturated rings. The fourth-order valence-corrected chi connectivity index (χ4v) is 0.556. The summed E-state index contributed by atoms with van der Waals surface area (Å²) in [6.07, 6.45) is 0.0850. The summed E-state index contributed by atoms with van der Waals surface area (Å²) in [5, 5.41) is 21.1. The van der Waals surface area contributed by atoms with E-state index in [2.05, 4.69) is 5.32 Å². The van der Waals surface area contributed by atoms with Gasteiger partial charge in [0.05, 0.1) is 0 Å². The van der Waals surface area contributed by atoms with E-state index in [4.69, 9.17) is 15.9 Å². The Labute approximate surface area is 60.9 Å². The van der Waals surface area contributed by atoms with Gasteiger partial charge in [0.25, 0.3) is 0 Å². The third-order valence-corrected chi connectivity index (χ3v) is 1.05. The van der Waals surface area contributed by atoms with Gasteiger partial charge in [-0.25, -0.2) is 5.01 Å². The maximum absolute atomic E-state index is 8.44. The average Bonchev–Trinajstić information content (AvgIpc) is 1.82. The summed E-state index contributed by atoms with van der Waals surface area (Å²) in [6.45, 7) is 1.34. The van der Waals surface area contributed by atoms with Crippen LogP contribution in [0.3, 0.4) is 0 Å². The van der Waals surface area contributed by atoms with Gasteiger partial charge in [0, 0.05) is 19.5 Å². The Morgan fingerprint density at radius 2 is 2.20 bits per heavy atom. The van der Waals surface area contributed by atoms with Crippen LogP contribution in [0.4, 0.5) is 0 Å². The Bertz CT molecular complexity index is 82.9. The van der Waals surface area contributed by atoms with Crippen molar-refractivity contribution in [3.05, 3.63) is 0 Å². The molecular weight excluding hydrogens is 133 g/mol. The number of nitrogens with two attached hydrogens (primary N) is 1. The van der Waals surface area contributed by atoms with Crippen molar-refractivity contribution in [3.63, 3.8) is 0 Å². The van der Waals surface area contributed by atoms with E-state index in [-0.39, 0.29) is 6.44 Å². The molecule has 0 rings (SSSR count). The molecule has 0 atom stereocenters. The first-order valence-corrected chi connectivity index (χ1v) is 3.17. The summed E-state index contributed by atoms with van der Waals surface area (Å²) in [7, 11) is 0.463. The van der Waals surface area contributed by atoms with Crippen LogP contribution in [-0.2, 0) is 0 Å². The molecule has 0 spiro atoms. The normalized spacial score (nSPS) is 10.5. The predicted molar refractivity (Wildman–Crippen MR) is 39.9 cm³/mol. The van der Waals surface area contributed by atoms with Crippen molar-refractivity contribution in [1.29, 1.82) is 0 Å². The van der Waals surface area contributed by atoms with Crippen LogP contribution in [0.5, 0.6) is 0 Å². The zero-order valence-corrected chi connectivity index (χ0v) is 6.12. The highest BCUT2D eigenvalue weighted by molar-refractivity contribution is 6.41. The fourth-order valence-electron chi connectivity index (χ4n) is 0.556. The molecule has 0 amide bonds. The summed E-state index contributed by atoms with van der Waals surface area (Å²) in [5.41, 5.74) is 0. The van der Waals surface area contributed by atoms with Crippen LogP contribution >= 0.6 is 0 Å². The molecule has 6 heteroatoms. The van der Waals surface area contributed by atoms with Gasteiger partial charge in [-0.1, -0.05) is 0 Å². The molecule has 0 aliphatic heterocycles. The van der Waals surface area contributed by atoms with Crippen LogP contribution < -0.4 is 11.2 Å². The SMILES string of the molecule is CNCCN(N)CB(O)O. The van der Waals surface area contributed by atoms with Gasteiger partial charge in [0.1, 0.15) is 0 Å². The van der Waals surface area contributed by atoms with Gasteiger partial charge < -0.3 is 15.4 Å². The lowest BCUT2D eigenvalue weighted by atomic mass is 9.92. The minimum atomic E-state index is -1.35. The van der Waals surface area contributed by atoms with E-state index in [9.17, 15) is 0 Å². The van der Waals surface area contributed by atoms with E-state index < -0.39 is 7.12 Å². The van der Waals surface area contributed by atoms with Crippen molar-refractivity contribution in [2.45, 2.75) is 0 Å². The molecular formula is C4H14BN3O2. The second-order valence-corrected chi connectivity index (χ2v) is 2.08. The van der Waals surface area contributed by atoms with Gasteiger partial charge in [0.2, 0.25) is 0 Å². The van der Waals surface area contributed by atoms with E-state index in [1.807, 2.05) is 7.05 Å². The Morgan fingerprint density at radius 1 is 1.60 bits per heavy atom. The Kier molecular flexibility index (Phi) is 5.56. The first-order chi connectivity index (χ1) is 4.66. The number of likely N-dealkylation sites (N-methyl/N-ethyl adjacent to an activating group) is 1. The first kappa shape index (κ1) is 9.86. The van der Waals surface area contributed by atoms with Crippen LogP contribution in [-0.4, -0.2) is 48.8 Å². The monoisotopic (exact) mass is 147 g/mol. The maximum atomic E-state index is 8.44. The van der Waals surface area contributed by atoms with Gasteiger partial charge in [0.15, 0.2) is 0 Å². The molecule has 0 heterocycles. The standard InChI is InChI=1S/C4H14BN3O2/c1-7-2-3-8(6)4-5(9)10/h7,9-10H,2-4,6H2,1H3. The first-order valence-electron chi connectivity index (χ1n) is 3.17. The minimum absolute atomic E-state index is 0.0850. The smallest absolute Gasteiger partial charge is 0.426 e. The second-order valence-electron chi connectivity index (χ2n) is 2.08. The van der Waals surface area contributed by atoms with Crippen LogP contribution in [0.15, 0.2) is 0 Å². The molecule has 0 saturated carbocycles. The Hall–Kier alpha value is -0.135. The van der Waals surface area contributed by atoms with Gasteiger partial charge in [-0.05, 0) is 7.05 Å². The van der Waals surface area contributed by atoms with E-state index in [0.717, 1.165) is 6.54 Å². The van der Waals surface area contributed by atoms with E-state index in [1.54, 1.807) is 0 Å². The fraction of sp³-hybridized carbons (Fsp3) is 1.00. The average molecular weight is 147 g/mol. The van der Waals surface area contributed by atoms with Crippen molar-refractivity contribution >= 4 is 7.12 Å². The van der Waals surface area contributed by atoms with Gasteiger partial charge in [-0.2, -0.15) is 0 Å². The molecule has 0 aromatic rings. The maximum Gasteiger partial charge on any atom is 0.468 e. The molecule has 10 heavy (non-hydrogen) atoms. The van der Waals surface area contributed by atoms with Gasteiger partial charge in [-0.3, -0.25) is 5.84 Å². The van der Waals surface area contributed by atoms with Crippen molar-refractivity contribution in [2.24, 2.45) is 5.84 Å². The lowest BCUT2D eigenvalue weighted by Gasteiger charge is -2.14. The molecule has 60 valence electrons. The number of hydrazine groups is 1. The van der Waals surface area contributed by atoms with Crippen molar-refractivity contribution in [3.8, 4) is 0 Å². The zero-order valence-electron chi connectivity index (χ0n) is 6.12. The Balaban J connectivity index is 3.16. The number of hydrogen-bond donors (Lipinski definition) is 4. The molecule has 5 nitrogen and oxygen atoms in total. The quantitative estimate of drug-likeness (QED) is 0.194. The lowest BCUT2D eigenvalue weighted by Crippen LogP contribution is -2.43. The zero-order chi connectivity index (χ0) is 7.98. The summed E-state index contributed by atoms with van der Waals surface area (Å²) < 4.78 is 0. The third kappa shape index (κ3) is 5.99. The number of nitrogens with zero attached hydrogens (tertiary/aromatic N) is 1. The van der Waals surface area contributed by atoms with Crippen LogP contribution in [0.25, 0.3) is 0 Å². The summed E-state index contributed by atoms with van der Waals surface area (Å²) in [6, 6.07) is 0. The van der Waals surface area contributed by atoms with Crippen LogP contribution in [0.2, 0.25) is 0 Å². The molecule has 0 unspecified atom stereocenters. The van der Waals surface area contributed by atoms with E-state index in [1.165, 1.54) is 5.01 Å². The number of nitrogens with one attached hydrogen (secondary N) is 1. The van der Waals surface area contributed by atoms with Crippen LogP contribution in [0, 0.1) is 0 Å². The molecule has 0 aliphatic carbocycles. The number of hydrogen-bond acceptors (Lipinski definition) is 5. The summed E-state index contributed by atoms with van der Waals surface area (Å²) in [5.74, 6) is 5.33. The molecule has 0 aliphatic rings. The minimum Gasteiger partial charge on any atom is -0.426 e. The highest BCUT2D eigenvalue weighted by atomic mass is 16.4. The topological polar surface area (TPSA) is 81.8 Å². The molecule has 0 aromatic heterocycles. The van der Waals surface area contributed by atoms with Gasteiger partial charge >= 0.3 is 7.12 Å². The van der Waals surface area contributed by atoms with Gasteiger partial charge in [-0.15, -0.1) is 0 Å². The Morgan fingerprint density at radius 3 is 2.60 bits per heavy atom. The largest absolute Gasteiger partial charge is 0.468 e. The summed E-state index contributed by atoms with van der Waals surface area (Å²) in [4.78, 5) is 0. The third-order valence-electron chi connectivity index (χ3n) is 1.05. The molecule has 5 N–H and O–H groups in total. The van der Waals surface area contributed by atoms with Crippen molar-refractivity contribution < 1.29 is 10.0 Å². The van der Waals surface area contributed by atoms with Crippen molar-refractivity contribution in [1.82, 2.24) is 10.3 Å². The second kappa shape index (κ2) is 5.63. The molecule has 0 radical (unpaired) electrons. The van der Waals surface area contributed by atoms with Crippen LogP contribution in [0.1, 0.15) is 0 Å². The lowest BCUT2D eigenvalue weighted by molar-refractivity contribution is 0.286. The highest BCUT2D eigenvalue weighted by Crippen LogP contribution is 1.76. The molecule has 0 saturated heterocycles. The highest BCUT2D eigenvalue weighted by Gasteiger charge is 2.09. The molecule has 0 aromatic carbocycles. The number of rotatable bonds is 5. The van der Waals surface area contributed by atoms with E-state index >= 15 is 0 Å². The van der Waals surface area contributed by atoms with Crippen molar-refractivity contribution in [2.75, 3.05) is 26.6 Å². The van der Waals surface area contributed by atoms with E-state index in [0.29, 0.717) is 6.54 Å².